The van der Waals surface area contributed by atoms with Crippen LogP contribution in [0.25, 0.3) is 0 Å². The zero-order chi connectivity index (χ0) is 11.6. The van der Waals surface area contributed by atoms with Crippen LogP contribution in [0, 0.1) is 0 Å². The van der Waals surface area contributed by atoms with Crippen LogP contribution >= 0.6 is 23.2 Å². The first kappa shape index (κ1) is 12.7. The Bertz CT molecular complexity index is 473. The number of nitrogens with one attached hydrogen (secondary N) is 1. The summed E-state index contributed by atoms with van der Waals surface area (Å²) in [5, 5.41) is 9.18. The van der Waals surface area contributed by atoms with Crippen LogP contribution in [0.1, 0.15) is 5.56 Å². The highest BCUT2D eigenvalue weighted by Crippen LogP contribution is 2.28. The maximum atomic E-state index is 11.5. The van der Waals surface area contributed by atoms with E-state index in [9.17, 15) is 8.42 Å². The topological polar surface area (TPSA) is 66.4 Å². The van der Waals surface area contributed by atoms with E-state index >= 15 is 0 Å². The normalized spacial score (nSPS) is 11.7. The first-order valence-corrected chi connectivity index (χ1v) is 6.18. The fourth-order valence-corrected chi connectivity index (χ4v) is 2.59. The SMILES string of the molecule is CNS(=O)(=O)c1cc(CO)c(Cl)cc1Cl. The Balaban J connectivity index is 3.44. The summed E-state index contributed by atoms with van der Waals surface area (Å²) in [7, 11) is -2.35. The highest BCUT2D eigenvalue weighted by Gasteiger charge is 2.17. The summed E-state index contributed by atoms with van der Waals surface area (Å²) in [6.07, 6.45) is 0. The van der Waals surface area contributed by atoms with Crippen molar-refractivity contribution in [2.24, 2.45) is 0 Å². The van der Waals surface area contributed by atoms with Gasteiger partial charge in [-0.1, -0.05) is 23.2 Å². The second-order valence-electron chi connectivity index (χ2n) is 2.74. The predicted molar refractivity (Wildman–Crippen MR) is 58.6 cm³/mol. The van der Waals surface area contributed by atoms with Crippen molar-refractivity contribution in [2.75, 3.05) is 7.05 Å². The van der Waals surface area contributed by atoms with Crippen molar-refractivity contribution in [3.8, 4) is 0 Å². The lowest BCUT2D eigenvalue weighted by molar-refractivity contribution is 0.281. The molecule has 15 heavy (non-hydrogen) atoms. The molecule has 0 heterocycles. The molecule has 0 aliphatic heterocycles. The number of aliphatic hydroxyl groups excluding tert-OH is 1. The van der Waals surface area contributed by atoms with Gasteiger partial charge in [0.05, 0.1) is 11.6 Å². The zero-order valence-corrected chi connectivity index (χ0v) is 10.1. The third-order valence-corrected chi connectivity index (χ3v) is 4.06. The molecule has 0 amide bonds. The van der Waals surface area contributed by atoms with E-state index in [2.05, 4.69) is 4.72 Å². The fraction of sp³-hybridized carbons (Fsp3) is 0.250. The molecule has 0 unspecified atom stereocenters. The van der Waals surface area contributed by atoms with Gasteiger partial charge in [-0.05, 0) is 24.7 Å². The minimum absolute atomic E-state index is 0.0200. The maximum Gasteiger partial charge on any atom is 0.241 e. The molecule has 0 bridgehead atoms. The first-order valence-electron chi connectivity index (χ1n) is 3.94. The molecule has 0 aliphatic carbocycles. The van der Waals surface area contributed by atoms with Crippen molar-refractivity contribution in [2.45, 2.75) is 11.5 Å². The van der Waals surface area contributed by atoms with Gasteiger partial charge in [0.15, 0.2) is 0 Å². The van der Waals surface area contributed by atoms with Crippen molar-refractivity contribution in [3.63, 3.8) is 0 Å². The van der Waals surface area contributed by atoms with E-state index in [1.54, 1.807) is 0 Å². The first-order chi connectivity index (χ1) is 6.92. The smallest absolute Gasteiger partial charge is 0.241 e. The van der Waals surface area contributed by atoms with Crippen LogP contribution in [0.4, 0.5) is 0 Å². The van der Waals surface area contributed by atoms with Gasteiger partial charge < -0.3 is 5.11 Å². The van der Waals surface area contributed by atoms with Gasteiger partial charge in [0.1, 0.15) is 4.90 Å². The van der Waals surface area contributed by atoms with Crippen molar-refractivity contribution in [3.05, 3.63) is 27.7 Å². The molecule has 7 heteroatoms. The summed E-state index contributed by atoms with van der Waals surface area (Å²) in [4.78, 5) is -0.0971. The van der Waals surface area contributed by atoms with Crippen molar-refractivity contribution in [1.82, 2.24) is 4.72 Å². The Labute approximate surface area is 97.9 Å². The summed E-state index contributed by atoms with van der Waals surface area (Å²) in [5.41, 5.74) is 0.315. The minimum Gasteiger partial charge on any atom is -0.392 e. The summed E-state index contributed by atoms with van der Waals surface area (Å²) in [6.45, 7) is -0.345. The lowest BCUT2D eigenvalue weighted by Gasteiger charge is -2.08. The molecule has 4 nitrogen and oxygen atoms in total. The second kappa shape index (κ2) is 4.67. The van der Waals surface area contributed by atoms with Crippen LogP contribution in [0.3, 0.4) is 0 Å². The summed E-state index contributed by atoms with van der Waals surface area (Å²) >= 11 is 11.5. The second-order valence-corrected chi connectivity index (χ2v) is 5.41. The molecular weight excluding hydrogens is 261 g/mol. The molecule has 0 fully saturated rings. The van der Waals surface area contributed by atoms with Crippen LogP contribution in [0.2, 0.25) is 10.0 Å². The summed E-state index contributed by atoms with van der Waals surface area (Å²) in [5.74, 6) is 0. The van der Waals surface area contributed by atoms with Gasteiger partial charge in [-0.3, -0.25) is 0 Å². The lowest BCUT2D eigenvalue weighted by atomic mass is 10.2. The molecule has 0 spiro atoms. The number of halogens is 2. The molecule has 0 saturated heterocycles. The molecule has 0 aliphatic rings. The summed E-state index contributed by atoms with van der Waals surface area (Å²) in [6, 6.07) is 2.54. The van der Waals surface area contributed by atoms with Gasteiger partial charge in [0.2, 0.25) is 10.0 Å². The van der Waals surface area contributed by atoms with Gasteiger partial charge >= 0.3 is 0 Å². The van der Waals surface area contributed by atoms with Crippen molar-refractivity contribution >= 4 is 33.2 Å². The highest BCUT2D eigenvalue weighted by molar-refractivity contribution is 7.89. The predicted octanol–water partition coefficient (Wildman–Crippen LogP) is 1.39. The largest absolute Gasteiger partial charge is 0.392 e. The molecule has 2 N–H and O–H groups in total. The van der Waals surface area contributed by atoms with Crippen molar-refractivity contribution < 1.29 is 13.5 Å². The van der Waals surface area contributed by atoms with E-state index in [4.69, 9.17) is 28.3 Å². The third kappa shape index (κ3) is 2.62. The maximum absolute atomic E-state index is 11.5. The molecule has 1 rings (SSSR count). The molecular formula is C8H9Cl2NO3S. The van der Waals surface area contributed by atoms with Crippen LogP contribution in [0.5, 0.6) is 0 Å². The molecule has 1 aromatic rings. The molecule has 84 valence electrons. The average Bonchev–Trinajstić information content (AvgIpc) is 2.17. The monoisotopic (exact) mass is 269 g/mol. The van der Waals surface area contributed by atoms with E-state index in [0.29, 0.717) is 5.56 Å². The Morgan fingerprint density at radius 1 is 1.33 bits per heavy atom. The molecule has 0 radical (unpaired) electrons. The Morgan fingerprint density at radius 2 is 1.93 bits per heavy atom. The average molecular weight is 270 g/mol. The number of benzene rings is 1. The van der Waals surface area contributed by atoms with E-state index in [1.165, 1.54) is 19.2 Å². The van der Waals surface area contributed by atoms with Gasteiger partial charge in [-0.25, -0.2) is 13.1 Å². The number of hydrogen-bond donors (Lipinski definition) is 2. The van der Waals surface area contributed by atoms with E-state index in [0.717, 1.165) is 0 Å². The van der Waals surface area contributed by atoms with Gasteiger partial charge in [-0.2, -0.15) is 0 Å². The van der Waals surface area contributed by atoms with Crippen LogP contribution in [-0.2, 0) is 16.6 Å². The van der Waals surface area contributed by atoms with Gasteiger partial charge in [-0.15, -0.1) is 0 Å². The number of aliphatic hydroxyl groups is 1. The minimum atomic E-state index is -3.63. The van der Waals surface area contributed by atoms with Gasteiger partial charge in [0, 0.05) is 5.02 Å². The highest BCUT2D eigenvalue weighted by atomic mass is 35.5. The van der Waals surface area contributed by atoms with Crippen LogP contribution < -0.4 is 4.72 Å². The number of hydrogen-bond acceptors (Lipinski definition) is 3. The molecule has 0 atom stereocenters. The van der Waals surface area contributed by atoms with Gasteiger partial charge in [0.25, 0.3) is 0 Å². The lowest BCUT2D eigenvalue weighted by Crippen LogP contribution is -2.19. The number of rotatable bonds is 3. The number of sulfonamides is 1. The van der Waals surface area contributed by atoms with Crippen LogP contribution in [-0.4, -0.2) is 20.6 Å². The fourth-order valence-electron chi connectivity index (χ4n) is 1.01. The third-order valence-electron chi connectivity index (χ3n) is 1.83. The molecule has 1 aromatic carbocycles. The standard InChI is InChI=1S/C8H9Cl2NO3S/c1-11-15(13,14)8-2-5(4-12)6(9)3-7(8)10/h2-3,11-12H,4H2,1H3. The Hall–Kier alpha value is -0.330. The quantitative estimate of drug-likeness (QED) is 0.872. The summed E-state index contributed by atoms with van der Waals surface area (Å²) < 4.78 is 25.1. The van der Waals surface area contributed by atoms with E-state index in [1.807, 2.05) is 0 Å². The van der Waals surface area contributed by atoms with Crippen molar-refractivity contribution in [1.29, 1.82) is 0 Å². The molecule has 0 saturated carbocycles. The zero-order valence-electron chi connectivity index (χ0n) is 7.79. The van der Waals surface area contributed by atoms with Crippen LogP contribution in [0.15, 0.2) is 17.0 Å². The Kier molecular flexibility index (Phi) is 3.97. The Morgan fingerprint density at radius 3 is 2.40 bits per heavy atom. The van der Waals surface area contributed by atoms with E-state index < -0.39 is 10.0 Å². The van der Waals surface area contributed by atoms with E-state index in [-0.39, 0.29) is 21.5 Å². The molecule has 0 aromatic heterocycles.